The Balaban J connectivity index is 1.87. The summed E-state index contributed by atoms with van der Waals surface area (Å²) in [6.07, 6.45) is 1.98. The molecule has 21 heavy (non-hydrogen) atoms. The van der Waals surface area contributed by atoms with Gasteiger partial charge in [0.05, 0.1) is 10.7 Å². The van der Waals surface area contributed by atoms with Crippen LogP contribution >= 0.6 is 11.3 Å². The number of aromatic nitrogens is 1. The van der Waals surface area contributed by atoms with Crippen molar-refractivity contribution in [1.29, 1.82) is 0 Å². The van der Waals surface area contributed by atoms with Crippen LogP contribution < -0.4 is 5.32 Å². The van der Waals surface area contributed by atoms with Gasteiger partial charge in [0.15, 0.2) is 5.96 Å². The van der Waals surface area contributed by atoms with E-state index in [0.717, 1.165) is 31.9 Å². The number of nitrogens with one attached hydrogen (secondary N) is 1. The normalized spacial score (nSPS) is 20.3. The first-order valence-electron chi connectivity index (χ1n) is 7.73. The number of likely N-dealkylation sites (tertiary alicyclic amines) is 1. The van der Waals surface area contributed by atoms with Crippen LogP contribution in [0.25, 0.3) is 0 Å². The quantitative estimate of drug-likeness (QED) is 0.687. The third-order valence-electron chi connectivity index (χ3n) is 4.92. The summed E-state index contributed by atoms with van der Waals surface area (Å²) in [5.41, 5.74) is 1.66. The second-order valence-electron chi connectivity index (χ2n) is 6.84. The lowest BCUT2D eigenvalue weighted by Gasteiger charge is -2.62. The van der Waals surface area contributed by atoms with Crippen molar-refractivity contribution in [2.24, 2.45) is 10.4 Å². The molecule has 1 aromatic heterocycles. The first kappa shape index (κ1) is 16.3. The fourth-order valence-electron chi connectivity index (χ4n) is 2.62. The molecule has 1 aliphatic heterocycles. The lowest BCUT2D eigenvalue weighted by Crippen LogP contribution is -2.72. The van der Waals surface area contributed by atoms with Gasteiger partial charge in [-0.1, -0.05) is 20.8 Å². The van der Waals surface area contributed by atoms with E-state index in [9.17, 15) is 0 Å². The summed E-state index contributed by atoms with van der Waals surface area (Å²) in [7, 11) is 1.86. The van der Waals surface area contributed by atoms with Gasteiger partial charge in [0.25, 0.3) is 0 Å². The minimum atomic E-state index is 0.144. The van der Waals surface area contributed by atoms with E-state index in [1.807, 2.05) is 7.05 Å². The second kappa shape index (κ2) is 5.95. The zero-order chi connectivity index (χ0) is 15.7. The molecule has 1 aliphatic rings. The zero-order valence-corrected chi connectivity index (χ0v) is 15.0. The summed E-state index contributed by atoms with van der Waals surface area (Å²) in [6, 6.07) is 0. The maximum Gasteiger partial charge on any atom is 0.194 e. The van der Waals surface area contributed by atoms with Gasteiger partial charge in [-0.05, 0) is 20.3 Å². The molecule has 1 fully saturated rings. The molecule has 0 atom stereocenters. The summed E-state index contributed by atoms with van der Waals surface area (Å²) < 4.78 is 0. The number of hydrogen-bond donors (Lipinski definition) is 1. The molecule has 0 saturated carbocycles. The number of rotatable bonds is 4. The summed E-state index contributed by atoms with van der Waals surface area (Å²) in [5.74, 6) is 1.00. The van der Waals surface area contributed by atoms with Gasteiger partial charge in [0, 0.05) is 42.9 Å². The average molecular weight is 308 g/mol. The monoisotopic (exact) mass is 308 g/mol. The smallest absolute Gasteiger partial charge is 0.194 e. The van der Waals surface area contributed by atoms with Gasteiger partial charge in [0.1, 0.15) is 0 Å². The Labute approximate surface area is 132 Å². The summed E-state index contributed by atoms with van der Waals surface area (Å²) in [6.45, 7) is 13.3. The van der Waals surface area contributed by atoms with Gasteiger partial charge in [-0.3, -0.25) is 4.99 Å². The molecule has 1 N–H and O–H groups in total. The molecule has 0 radical (unpaired) electrons. The molecule has 1 aromatic rings. The number of aliphatic imine (C=N–C) groups is 1. The minimum Gasteiger partial charge on any atom is -0.356 e. The van der Waals surface area contributed by atoms with Crippen LogP contribution in [0.15, 0.2) is 10.4 Å². The molecule has 0 bridgehead atoms. The molecule has 5 heteroatoms. The van der Waals surface area contributed by atoms with Crippen molar-refractivity contribution in [1.82, 2.24) is 15.2 Å². The van der Waals surface area contributed by atoms with Crippen LogP contribution in [-0.4, -0.2) is 41.5 Å². The molecule has 0 amide bonds. The van der Waals surface area contributed by atoms with Crippen molar-refractivity contribution < 1.29 is 0 Å². The summed E-state index contributed by atoms with van der Waals surface area (Å²) in [5, 5.41) is 6.87. The lowest BCUT2D eigenvalue weighted by molar-refractivity contribution is -0.0666. The van der Waals surface area contributed by atoms with E-state index in [0.29, 0.717) is 5.41 Å². The molecule has 2 heterocycles. The highest BCUT2D eigenvalue weighted by molar-refractivity contribution is 7.09. The van der Waals surface area contributed by atoms with Crippen LogP contribution in [0.5, 0.6) is 0 Å². The van der Waals surface area contributed by atoms with Crippen LogP contribution in [0.3, 0.4) is 0 Å². The molecule has 0 unspecified atom stereocenters. The van der Waals surface area contributed by atoms with Crippen molar-refractivity contribution in [3.8, 4) is 0 Å². The van der Waals surface area contributed by atoms with Gasteiger partial charge >= 0.3 is 0 Å². The number of guanidine groups is 1. The van der Waals surface area contributed by atoms with Crippen LogP contribution in [-0.2, 0) is 12.8 Å². The molecule has 0 aliphatic carbocycles. The van der Waals surface area contributed by atoms with Crippen LogP contribution in [0.4, 0.5) is 0 Å². The first-order valence-corrected chi connectivity index (χ1v) is 8.61. The first-order chi connectivity index (χ1) is 9.81. The van der Waals surface area contributed by atoms with E-state index in [4.69, 9.17) is 0 Å². The van der Waals surface area contributed by atoms with Gasteiger partial charge < -0.3 is 10.2 Å². The Hall–Kier alpha value is -1.10. The standard InChI is InChI=1S/C16H28N4S/c1-7-13-19-12(10-21-13)8-9-18-14(17-6)20-11-15(2,3)16(20,4)5/h10H,7-9,11H2,1-6H3,(H,17,18). The number of nitrogens with zero attached hydrogens (tertiary/aromatic N) is 3. The maximum atomic E-state index is 4.61. The highest BCUT2D eigenvalue weighted by atomic mass is 32.1. The Kier molecular flexibility index (Phi) is 4.61. The van der Waals surface area contributed by atoms with Crippen LogP contribution in [0, 0.1) is 5.41 Å². The van der Waals surface area contributed by atoms with Crippen molar-refractivity contribution in [2.45, 2.75) is 53.0 Å². The van der Waals surface area contributed by atoms with E-state index in [1.165, 1.54) is 10.7 Å². The van der Waals surface area contributed by atoms with Crippen LogP contribution in [0.1, 0.15) is 45.3 Å². The highest BCUT2D eigenvalue weighted by Gasteiger charge is 2.53. The van der Waals surface area contributed by atoms with Crippen molar-refractivity contribution in [3.63, 3.8) is 0 Å². The molecular weight excluding hydrogens is 280 g/mol. The molecule has 1 saturated heterocycles. The number of hydrogen-bond acceptors (Lipinski definition) is 3. The Morgan fingerprint density at radius 1 is 1.43 bits per heavy atom. The Morgan fingerprint density at radius 2 is 2.14 bits per heavy atom. The van der Waals surface area contributed by atoms with Crippen LogP contribution in [0.2, 0.25) is 0 Å². The molecular formula is C16H28N4S. The minimum absolute atomic E-state index is 0.144. The third-order valence-corrected chi connectivity index (χ3v) is 5.96. The summed E-state index contributed by atoms with van der Waals surface area (Å²) in [4.78, 5) is 11.4. The molecule has 0 aromatic carbocycles. The van der Waals surface area contributed by atoms with Crippen molar-refractivity contribution >= 4 is 17.3 Å². The van der Waals surface area contributed by atoms with Gasteiger partial charge in [-0.2, -0.15) is 0 Å². The highest BCUT2D eigenvalue weighted by Crippen LogP contribution is 2.46. The predicted octanol–water partition coefficient (Wildman–Crippen LogP) is 2.94. The topological polar surface area (TPSA) is 40.5 Å². The number of thiazole rings is 1. The SMILES string of the molecule is CCc1nc(CCNC(=NC)N2CC(C)(C)C2(C)C)cs1. The van der Waals surface area contributed by atoms with Gasteiger partial charge in [-0.15, -0.1) is 11.3 Å². The van der Waals surface area contributed by atoms with E-state index in [1.54, 1.807) is 11.3 Å². The van der Waals surface area contributed by atoms with Crippen molar-refractivity contribution in [3.05, 3.63) is 16.1 Å². The van der Waals surface area contributed by atoms with E-state index >= 15 is 0 Å². The van der Waals surface area contributed by atoms with Gasteiger partial charge in [-0.25, -0.2) is 4.98 Å². The van der Waals surface area contributed by atoms with Gasteiger partial charge in [0.2, 0.25) is 0 Å². The number of aryl methyl sites for hydroxylation is 1. The fraction of sp³-hybridized carbons (Fsp3) is 0.750. The largest absolute Gasteiger partial charge is 0.356 e. The molecule has 4 nitrogen and oxygen atoms in total. The molecule has 2 rings (SSSR count). The fourth-order valence-corrected chi connectivity index (χ4v) is 3.40. The molecule has 0 spiro atoms. The zero-order valence-electron chi connectivity index (χ0n) is 14.2. The lowest BCUT2D eigenvalue weighted by atomic mass is 9.65. The Morgan fingerprint density at radius 3 is 2.62 bits per heavy atom. The van der Waals surface area contributed by atoms with Crippen molar-refractivity contribution in [2.75, 3.05) is 20.1 Å². The predicted molar refractivity (Wildman–Crippen MR) is 91.1 cm³/mol. The maximum absolute atomic E-state index is 4.61. The third kappa shape index (κ3) is 3.07. The second-order valence-corrected chi connectivity index (χ2v) is 7.78. The average Bonchev–Trinajstić information content (AvgIpc) is 2.89. The van der Waals surface area contributed by atoms with E-state index < -0.39 is 0 Å². The molecule has 118 valence electrons. The Bertz CT molecular complexity index is 516. The van der Waals surface area contributed by atoms with E-state index in [-0.39, 0.29) is 5.54 Å². The summed E-state index contributed by atoms with van der Waals surface area (Å²) >= 11 is 1.76. The van der Waals surface area contributed by atoms with E-state index in [2.05, 4.69) is 60.2 Å².